The molecule has 0 radical (unpaired) electrons. The van der Waals surface area contributed by atoms with E-state index in [2.05, 4.69) is 32.3 Å². The summed E-state index contributed by atoms with van der Waals surface area (Å²) in [4.78, 5) is 4.31. The predicted molar refractivity (Wildman–Crippen MR) is 47.7 cm³/mol. The van der Waals surface area contributed by atoms with Crippen molar-refractivity contribution in [2.45, 2.75) is 39.7 Å². The van der Waals surface area contributed by atoms with Gasteiger partial charge in [-0.3, -0.25) is 4.99 Å². The molecular formula is C9H17N. The van der Waals surface area contributed by atoms with Crippen molar-refractivity contribution in [2.24, 2.45) is 4.99 Å². The van der Waals surface area contributed by atoms with E-state index in [4.69, 9.17) is 0 Å². The molecule has 0 saturated heterocycles. The molecule has 0 atom stereocenters. The molecule has 0 aliphatic heterocycles. The third-order valence-corrected chi connectivity index (χ3v) is 0.918. The highest BCUT2D eigenvalue weighted by Crippen LogP contribution is 2.05. The van der Waals surface area contributed by atoms with Crippen LogP contribution in [0.2, 0.25) is 0 Å². The number of aliphatic imine (C=N–C) groups is 1. The lowest BCUT2D eigenvalue weighted by Crippen LogP contribution is -2.09. The zero-order valence-electron chi connectivity index (χ0n) is 7.44. The molecule has 0 aromatic rings. The molecule has 0 heterocycles. The topological polar surface area (TPSA) is 12.4 Å². The van der Waals surface area contributed by atoms with Gasteiger partial charge in [-0.25, -0.2) is 0 Å². The SMILES string of the molecule is C=C(C)CC=NC(C)(C)C. The van der Waals surface area contributed by atoms with Gasteiger partial charge in [0.25, 0.3) is 0 Å². The summed E-state index contributed by atoms with van der Waals surface area (Å²) in [5, 5.41) is 0. The van der Waals surface area contributed by atoms with Gasteiger partial charge in [0.15, 0.2) is 0 Å². The van der Waals surface area contributed by atoms with Crippen LogP contribution in [0.25, 0.3) is 0 Å². The first-order chi connectivity index (χ1) is 4.42. The van der Waals surface area contributed by atoms with Gasteiger partial charge in [-0.2, -0.15) is 0 Å². The molecule has 0 amide bonds. The molecule has 58 valence electrons. The van der Waals surface area contributed by atoms with Crippen LogP contribution in [-0.4, -0.2) is 11.8 Å². The number of nitrogens with zero attached hydrogens (tertiary/aromatic N) is 1. The summed E-state index contributed by atoms with van der Waals surface area (Å²) >= 11 is 0. The molecule has 10 heavy (non-hydrogen) atoms. The van der Waals surface area contributed by atoms with E-state index in [-0.39, 0.29) is 5.54 Å². The maximum atomic E-state index is 4.31. The minimum absolute atomic E-state index is 0.0649. The Morgan fingerprint density at radius 2 is 2.00 bits per heavy atom. The van der Waals surface area contributed by atoms with Crippen LogP contribution in [0.15, 0.2) is 17.1 Å². The average Bonchev–Trinajstić information content (AvgIpc) is 1.59. The number of hydrogen-bond donors (Lipinski definition) is 0. The van der Waals surface area contributed by atoms with Gasteiger partial charge < -0.3 is 0 Å². The second-order valence-electron chi connectivity index (χ2n) is 3.64. The van der Waals surface area contributed by atoms with E-state index >= 15 is 0 Å². The Morgan fingerprint density at radius 3 is 2.30 bits per heavy atom. The normalized spacial score (nSPS) is 12.4. The Labute approximate surface area is 63.9 Å². The minimum Gasteiger partial charge on any atom is -0.291 e. The van der Waals surface area contributed by atoms with Gasteiger partial charge in [0.05, 0.1) is 5.54 Å². The summed E-state index contributed by atoms with van der Waals surface area (Å²) in [6.07, 6.45) is 2.83. The van der Waals surface area contributed by atoms with Gasteiger partial charge in [0.1, 0.15) is 0 Å². The van der Waals surface area contributed by atoms with Gasteiger partial charge in [0.2, 0.25) is 0 Å². The molecule has 0 spiro atoms. The first-order valence-electron chi connectivity index (χ1n) is 3.60. The Bertz CT molecular complexity index is 137. The van der Waals surface area contributed by atoms with Crippen LogP contribution in [0.3, 0.4) is 0 Å². The Kier molecular flexibility index (Phi) is 3.34. The van der Waals surface area contributed by atoms with Crippen molar-refractivity contribution in [1.29, 1.82) is 0 Å². The molecule has 0 N–H and O–H groups in total. The van der Waals surface area contributed by atoms with Crippen molar-refractivity contribution in [3.8, 4) is 0 Å². The highest BCUT2D eigenvalue weighted by atomic mass is 14.8. The molecule has 0 saturated carbocycles. The Morgan fingerprint density at radius 1 is 1.50 bits per heavy atom. The predicted octanol–water partition coefficient (Wildman–Crippen LogP) is 2.82. The van der Waals surface area contributed by atoms with Gasteiger partial charge in [-0.15, -0.1) is 0 Å². The highest BCUT2D eigenvalue weighted by molar-refractivity contribution is 5.61. The van der Waals surface area contributed by atoms with Crippen LogP contribution in [-0.2, 0) is 0 Å². The number of allylic oxidation sites excluding steroid dienone is 1. The van der Waals surface area contributed by atoms with Crippen LogP contribution in [0.4, 0.5) is 0 Å². The standard InChI is InChI=1S/C9H17N/c1-8(2)6-7-10-9(3,4)5/h7H,1,6H2,2-5H3. The van der Waals surface area contributed by atoms with Crippen molar-refractivity contribution in [3.05, 3.63) is 12.2 Å². The molecule has 1 nitrogen and oxygen atoms in total. The first kappa shape index (κ1) is 9.41. The van der Waals surface area contributed by atoms with Gasteiger partial charge in [0, 0.05) is 12.6 Å². The maximum Gasteiger partial charge on any atom is 0.0520 e. The van der Waals surface area contributed by atoms with Crippen LogP contribution in [0.1, 0.15) is 34.1 Å². The van der Waals surface area contributed by atoms with Gasteiger partial charge in [-0.05, 0) is 27.7 Å². The monoisotopic (exact) mass is 139 g/mol. The zero-order valence-corrected chi connectivity index (χ0v) is 7.44. The average molecular weight is 139 g/mol. The van der Waals surface area contributed by atoms with Gasteiger partial charge >= 0.3 is 0 Å². The molecule has 1 heteroatoms. The van der Waals surface area contributed by atoms with Crippen molar-refractivity contribution in [1.82, 2.24) is 0 Å². The summed E-state index contributed by atoms with van der Waals surface area (Å²) in [6, 6.07) is 0. The van der Waals surface area contributed by atoms with Crippen LogP contribution in [0, 0.1) is 0 Å². The zero-order chi connectivity index (χ0) is 8.20. The largest absolute Gasteiger partial charge is 0.291 e. The Balaban J connectivity index is 3.67. The minimum atomic E-state index is 0.0649. The summed E-state index contributed by atoms with van der Waals surface area (Å²) < 4.78 is 0. The molecular weight excluding hydrogens is 122 g/mol. The van der Waals surface area contributed by atoms with E-state index in [1.165, 1.54) is 0 Å². The van der Waals surface area contributed by atoms with Crippen LogP contribution >= 0.6 is 0 Å². The maximum absolute atomic E-state index is 4.31. The molecule has 0 aliphatic carbocycles. The lowest BCUT2D eigenvalue weighted by molar-refractivity contribution is 0.585. The highest BCUT2D eigenvalue weighted by Gasteiger charge is 2.03. The molecule has 0 fully saturated rings. The fourth-order valence-corrected chi connectivity index (χ4v) is 0.475. The fourth-order valence-electron chi connectivity index (χ4n) is 0.475. The van der Waals surface area contributed by atoms with Crippen LogP contribution in [0.5, 0.6) is 0 Å². The van der Waals surface area contributed by atoms with E-state index in [1.54, 1.807) is 0 Å². The van der Waals surface area contributed by atoms with Crippen molar-refractivity contribution in [2.75, 3.05) is 0 Å². The van der Waals surface area contributed by atoms with Crippen molar-refractivity contribution in [3.63, 3.8) is 0 Å². The van der Waals surface area contributed by atoms with E-state index in [0.717, 1.165) is 12.0 Å². The quantitative estimate of drug-likeness (QED) is 0.412. The Hall–Kier alpha value is -0.590. The fraction of sp³-hybridized carbons (Fsp3) is 0.667. The molecule has 0 aromatic heterocycles. The van der Waals surface area contributed by atoms with E-state index in [9.17, 15) is 0 Å². The van der Waals surface area contributed by atoms with E-state index < -0.39 is 0 Å². The van der Waals surface area contributed by atoms with Crippen molar-refractivity contribution >= 4 is 6.21 Å². The van der Waals surface area contributed by atoms with E-state index in [0.29, 0.717) is 0 Å². The lowest BCUT2D eigenvalue weighted by Gasteiger charge is -2.10. The second-order valence-corrected chi connectivity index (χ2v) is 3.64. The summed E-state index contributed by atoms with van der Waals surface area (Å²) in [6.45, 7) is 12.0. The number of rotatable bonds is 2. The van der Waals surface area contributed by atoms with Gasteiger partial charge in [-0.1, -0.05) is 12.2 Å². The third kappa shape index (κ3) is 7.41. The van der Waals surface area contributed by atoms with Crippen molar-refractivity contribution < 1.29 is 0 Å². The summed E-state index contributed by atoms with van der Waals surface area (Å²) in [7, 11) is 0. The lowest BCUT2D eigenvalue weighted by atomic mass is 10.1. The molecule has 0 bridgehead atoms. The third-order valence-electron chi connectivity index (χ3n) is 0.918. The number of hydrogen-bond acceptors (Lipinski definition) is 1. The molecule has 0 aromatic carbocycles. The van der Waals surface area contributed by atoms with Crippen LogP contribution < -0.4 is 0 Å². The van der Waals surface area contributed by atoms with E-state index in [1.807, 2.05) is 13.1 Å². The second kappa shape index (κ2) is 3.55. The smallest absolute Gasteiger partial charge is 0.0520 e. The summed E-state index contributed by atoms with van der Waals surface area (Å²) in [5.74, 6) is 0. The molecule has 0 unspecified atom stereocenters. The summed E-state index contributed by atoms with van der Waals surface area (Å²) in [5.41, 5.74) is 1.23. The molecule has 0 rings (SSSR count). The first-order valence-corrected chi connectivity index (χ1v) is 3.60. The molecule has 0 aliphatic rings.